The van der Waals surface area contributed by atoms with Gasteiger partial charge in [-0.15, -0.1) is 11.3 Å². The standard InChI is InChI=1S/C16H21N3O3S2/c1-13-5-10-23-15(13)12-18(2)16-4-3-14(11-17-16)24(20,21)19-6-8-22-9-7-19/h3-5,10-11H,6-9,12H2,1-2H3. The molecule has 3 heterocycles. The quantitative estimate of drug-likeness (QED) is 0.810. The lowest BCUT2D eigenvalue weighted by Crippen LogP contribution is -2.40. The van der Waals surface area contributed by atoms with E-state index in [2.05, 4.69) is 23.4 Å². The van der Waals surface area contributed by atoms with Crippen molar-refractivity contribution in [3.05, 3.63) is 40.2 Å². The van der Waals surface area contributed by atoms with E-state index in [4.69, 9.17) is 4.74 Å². The van der Waals surface area contributed by atoms with Crippen LogP contribution in [0.5, 0.6) is 0 Å². The van der Waals surface area contributed by atoms with Crippen molar-refractivity contribution in [3.8, 4) is 0 Å². The minimum Gasteiger partial charge on any atom is -0.379 e. The first-order valence-corrected chi connectivity index (χ1v) is 10.1. The molecule has 0 aliphatic carbocycles. The van der Waals surface area contributed by atoms with E-state index in [1.54, 1.807) is 23.5 Å². The molecule has 1 aliphatic rings. The first-order valence-electron chi connectivity index (χ1n) is 7.76. The Kier molecular flexibility index (Phi) is 5.19. The predicted octanol–water partition coefficient (Wildman–Crippen LogP) is 2.11. The van der Waals surface area contributed by atoms with Crippen molar-refractivity contribution in [1.82, 2.24) is 9.29 Å². The van der Waals surface area contributed by atoms with Gasteiger partial charge in [0.25, 0.3) is 0 Å². The van der Waals surface area contributed by atoms with Crippen molar-refractivity contribution in [2.75, 3.05) is 38.3 Å². The van der Waals surface area contributed by atoms with Gasteiger partial charge in [-0.1, -0.05) is 0 Å². The third kappa shape index (κ3) is 3.61. The van der Waals surface area contributed by atoms with Crippen LogP contribution in [-0.4, -0.2) is 51.1 Å². The van der Waals surface area contributed by atoms with Crippen LogP contribution < -0.4 is 4.90 Å². The number of pyridine rings is 1. The molecule has 1 aliphatic heterocycles. The van der Waals surface area contributed by atoms with Gasteiger partial charge in [0.1, 0.15) is 10.7 Å². The van der Waals surface area contributed by atoms with Gasteiger partial charge in [0, 0.05) is 31.2 Å². The maximum absolute atomic E-state index is 12.6. The Bertz CT molecular complexity index is 781. The van der Waals surface area contributed by atoms with E-state index >= 15 is 0 Å². The summed E-state index contributed by atoms with van der Waals surface area (Å²) >= 11 is 1.71. The zero-order valence-corrected chi connectivity index (χ0v) is 15.4. The van der Waals surface area contributed by atoms with Crippen LogP contribution in [0.1, 0.15) is 10.4 Å². The SMILES string of the molecule is Cc1ccsc1CN(C)c1ccc(S(=O)(=O)N2CCOCC2)cn1. The zero-order valence-electron chi connectivity index (χ0n) is 13.8. The minimum absolute atomic E-state index is 0.230. The largest absolute Gasteiger partial charge is 0.379 e. The summed E-state index contributed by atoms with van der Waals surface area (Å²) in [6.45, 7) is 4.50. The number of rotatable bonds is 5. The van der Waals surface area contributed by atoms with Crippen LogP contribution in [0.4, 0.5) is 5.82 Å². The van der Waals surface area contributed by atoms with E-state index in [1.165, 1.54) is 20.9 Å². The monoisotopic (exact) mass is 367 g/mol. The number of thiophene rings is 1. The number of hydrogen-bond donors (Lipinski definition) is 0. The number of aryl methyl sites for hydroxylation is 1. The summed E-state index contributed by atoms with van der Waals surface area (Å²) in [5, 5.41) is 2.07. The molecule has 1 saturated heterocycles. The fourth-order valence-corrected chi connectivity index (χ4v) is 4.86. The summed E-state index contributed by atoms with van der Waals surface area (Å²) < 4.78 is 31.8. The fourth-order valence-electron chi connectivity index (χ4n) is 2.55. The second-order valence-corrected chi connectivity index (χ2v) is 8.69. The summed E-state index contributed by atoms with van der Waals surface area (Å²) in [7, 11) is -1.53. The fraction of sp³-hybridized carbons (Fsp3) is 0.438. The number of hydrogen-bond acceptors (Lipinski definition) is 6. The van der Waals surface area contributed by atoms with E-state index in [0.717, 1.165) is 12.4 Å². The summed E-state index contributed by atoms with van der Waals surface area (Å²) in [6, 6.07) is 5.49. The molecule has 0 atom stereocenters. The number of aromatic nitrogens is 1. The average molecular weight is 367 g/mol. The Morgan fingerprint density at radius 2 is 2.04 bits per heavy atom. The van der Waals surface area contributed by atoms with E-state index in [-0.39, 0.29) is 4.90 Å². The molecule has 1 fully saturated rings. The van der Waals surface area contributed by atoms with E-state index in [9.17, 15) is 8.42 Å². The number of anilines is 1. The highest BCUT2D eigenvalue weighted by molar-refractivity contribution is 7.89. The van der Waals surface area contributed by atoms with Crippen LogP contribution in [0.2, 0.25) is 0 Å². The molecule has 0 aromatic carbocycles. The van der Waals surface area contributed by atoms with Crippen molar-refractivity contribution in [2.45, 2.75) is 18.4 Å². The molecule has 8 heteroatoms. The summed E-state index contributed by atoms with van der Waals surface area (Å²) in [6.07, 6.45) is 1.44. The van der Waals surface area contributed by atoms with E-state index < -0.39 is 10.0 Å². The van der Waals surface area contributed by atoms with Gasteiger partial charge in [-0.05, 0) is 36.1 Å². The molecule has 0 spiro atoms. The third-order valence-corrected chi connectivity index (χ3v) is 6.96. The van der Waals surface area contributed by atoms with Gasteiger partial charge >= 0.3 is 0 Å². The molecule has 0 unspecified atom stereocenters. The Morgan fingerprint density at radius 3 is 2.62 bits per heavy atom. The van der Waals surface area contributed by atoms with E-state index in [1.807, 2.05) is 11.9 Å². The Labute approximate surface area is 146 Å². The van der Waals surface area contributed by atoms with Crippen molar-refractivity contribution >= 4 is 27.2 Å². The van der Waals surface area contributed by atoms with Gasteiger partial charge in [-0.25, -0.2) is 13.4 Å². The van der Waals surface area contributed by atoms with Crippen LogP contribution in [0.25, 0.3) is 0 Å². The lowest BCUT2D eigenvalue weighted by Gasteiger charge is -2.26. The summed E-state index contributed by atoms with van der Waals surface area (Å²) in [5.74, 6) is 0.753. The van der Waals surface area contributed by atoms with Gasteiger partial charge in [0.05, 0.1) is 19.8 Å². The second-order valence-electron chi connectivity index (χ2n) is 5.75. The van der Waals surface area contributed by atoms with Crippen LogP contribution in [0.15, 0.2) is 34.7 Å². The average Bonchev–Trinajstić information content (AvgIpc) is 3.00. The molecule has 2 aromatic heterocycles. The lowest BCUT2D eigenvalue weighted by molar-refractivity contribution is 0.0730. The molecule has 0 N–H and O–H groups in total. The second kappa shape index (κ2) is 7.18. The molecule has 2 aromatic rings. The van der Waals surface area contributed by atoms with Crippen molar-refractivity contribution in [1.29, 1.82) is 0 Å². The highest BCUT2D eigenvalue weighted by Crippen LogP contribution is 2.22. The van der Waals surface area contributed by atoms with Crippen molar-refractivity contribution < 1.29 is 13.2 Å². The zero-order chi connectivity index (χ0) is 17.2. The third-order valence-electron chi connectivity index (χ3n) is 4.07. The van der Waals surface area contributed by atoms with Gasteiger partial charge in [0.2, 0.25) is 10.0 Å². The number of sulfonamides is 1. The predicted molar refractivity (Wildman–Crippen MR) is 95.0 cm³/mol. The first-order chi connectivity index (χ1) is 11.5. The number of nitrogens with zero attached hydrogens (tertiary/aromatic N) is 3. The molecule has 0 bridgehead atoms. The lowest BCUT2D eigenvalue weighted by atomic mass is 10.3. The van der Waals surface area contributed by atoms with Crippen LogP contribution >= 0.6 is 11.3 Å². The highest BCUT2D eigenvalue weighted by atomic mass is 32.2. The number of morpholine rings is 1. The van der Waals surface area contributed by atoms with Crippen molar-refractivity contribution in [2.24, 2.45) is 0 Å². The molecule has 0 amide bonds. The molecule has 0 radical (unpaired) electrons. The molecule has 0 saturated carbocycles. The molecular formula is C16H21N3O3S2. The Morgan fingerprint density at radius 1 is 1.29 bits per heavy atom. The Balaban J connectivity index is 1.74. The van der Waals surface area contributed by atoms with Crippen LogP contribution in [0.3, 0.4) is 0 Å². The topological polar surface area (TPSA) is 62.7 Å². The molecule has 6 nitrogen and oxygen atoms in total. The molecular weight excluding hydrogens is 346 g/mol. The number of ether oxygens (including phenoxy) is 1. The Hall–Kier alpha value is -1.48. The van der Waals surface area contributed by atoms with Crippen LogP contribution in [-0.2, 0) is 21.3 Å². The van der Waals surface area contributed by atoms with E-state index in [0.29, 0.717) is 26.3 Å². The maximum Gasteiger partial charge on any atom is 0.244 e. The maximum atomic E-state index is 12.6. The smallest absolute Gasteiger partial charge is 0.244 e. The van der Waals surface area contributed by atoms with Gasteiger partial charge in [0.15, 0.2) is 0 Å². The molecule has 130 valence electrons. The van der Waals surface area contributed by atoms with Gasteiger partial charge in [-0.3, -0.25) is 0 Å². The molecule has 3 rings (SSSR count). The normalized spacial score (nSPS) is 16.2. The van der Waals surface area contributed by atoms with Gasteiger partial charge in [-0.2, -0.15) is 4.31 Å². The minimum atomic E-state index is -3.49. The van der Waals surface area contributed by atoms with Crippen LogP contribution in [0, 0.1) is 6.92 Å². The summed E-state index contributed by atoms with van der Waals surface area (Å²) in [4.78, 5) is 7.87. The first kappa shape index (κ1) is 17.3. The molecule has 24 heavy (non-hydrogen) atoms. The summed E-state index contributed by atoms with van der Waals surface area (Å²) in [5.41, 5.74) is 1.26. The highest BCUT2D eigenvalue weighted by Gasteiger charge is 2.26. The van der Waals surface area contributed by atoms with Crippen molar-refractivity contribution in [3.63, 3.8) is 0 Å². The van der Waals surface area contributed by atoms with Gasteiger partial charge < -0.3 is 9.64 Å².